The first kappa shape index (κ1) is 12.0. The van der Waals surface area contributed by atoms with E-state index < -0.39 is 0 Å². The molecule has 0 bridgehead atoms. The van der Waals surface area contributed by atoms with Gasteiger partial charge in [-0.2, -0.15) is 5.10 Å². The molecule has 7 heteroatoms. The molecule has 0 aliphatic rings. The molecule has 0 aliphatic carbocycles. The highest BCUT2D eigenvalue weighted by Gasteiger charge is 2.05. The number of anilines is 1. The Morgan fingerprint density at radius 3 is 3.05 bits per heavy atom. The molecule has 3 heterocycles. The summed E-state index contributed by atoms with van der Waals surface area (Å²) in [7, 11) is 0. The van der Waals surface area contributed by atoms with Crippen molar-refractivity contribution in [3.63, 3.8) is 0 Å². The van der Waals surface area contributed by atoms with Gasteiger partial charge in [0.05, 0.1) is 16.6 Å². The quantitative estimate of drug-likeness (QED) is 0.744. The molecule has 3 aromatic heterocycles. The van der Waals surface area contributed by atoms with Crippen molar-refractivity contribution in [2.24, 2.45) is 0 Å². The lowest BCUT2D eigenvalue weighted by molar-refractivity contribution is 0.986. The van der Waals surface area contributed by atoms with Gasteiger partial charge in [-0.15, -0.1) is 11.3 Å². The molecule has 0 aromatic carbocycles. The van der Waals surface area contributed by atoms with Gasteiger partial charge in [-0.1, -0.05) is 6.92 Å². The Bertz CT molecular complexity index is 673. The topological polar surface area (TPSA) is 79.4 Å². The number of aryl methyl sites for hydroxylation is 1. The number of aromatic nitrogens is 5. The summed E-state index contributed by atoms with van der Waals surface area (Å²) in [6.45, 7) is 2.94. The van der Waals surface area contributed by atoms with E-state index in [9.17, 15) is 0 Å². The minimum Gasteiger partial charge on any atom is -0.369 e. The lowest BCUT2D eigenvalue weighted by atomic mass is 10.3. The molecule has 6 nitrogen and oxygen atoms in total. The maximum atomic E-state index is 4.40. The molecule has 3 rings (SSSR count). The second-order valence-corrected chi connectivity index (χ2v) is 5.30. The van der Waals surface area contributed by atoms with Crippen LogP contribution in [0.3, 0.4) is 0 Å². The molecule has 0 aliphatic heterocycles. The van der Waals surface area contributed by atoms with Crippen LogP contribution in [0, 0.1) is 0 Å². The molecule has 0 fully saturated rings. The summed E-state index contributed by atoms with van der Waals surface area (Å²) < 4.78 is 0. The van der Waals surface area contributed by atoms with Gasteiger partial charge >= 0.3 is 0 Å². The number of rotatable bonds is 5. The third-order valence-electron chi connectivity index (χ3n) is 2.83. The van der Waals surface area contributed by atoms with Gasteiger partial charge in [0.15, 0.2) is 5.65 Å². The lowest BCUT2D eigenvalue weighted by Gasteiger charge is -2.04. The van der Waals surface area contributed by atoms with Gasteiger partial charge < -0.3 is 5.32 Å². The number of nitrogens with zero attached hydrogens (tertiary/aromatic N) is 4. The predicted octanol–water partition coefficient (Wildman–Crippen LogP) is 2.03. The van der Waals surface area contributed by atoms with E-state index in [2.05, 4.69) is 37.4 Å². The van der Waals surface area contributed by atoms with E-state index in [-0.39, 0.29) is 0 Å². The second-order valence-electron chi connectivity index (χ2n) is 4.11. The minimum absolute atomic E-state index is 0.750. The zero-order valence-electron chi connectivity index (χ0n) is 10.6. The number of hydrogen-bond donors (Lipinski definition) is 2. The number of fused-ring (bicyclic) bond motifs is 1. The van der Waals surface area contributed by atoms with Gasteiger partial charge in [0.2, 0.25) is 0 Å². The van der Waals surface area contributed by atoms with Crippen LogP contribution in [0.25, 0.3) is 11.0 Å². The molecule has 0 saturated heterocycles. The van der Waals surface area contributed by atoms with Gasteiger partial charge in [0, 0.05) is 24.0 Å². The normalized spacial score (nSPS) is 11.0. The van der Waals surface area contributed by atoms with E-state index in [0.29, 0.717) is 0 Å². The van der Waals surface area contributed by atoms with Crippen LogP contribution in [-0.2, 0) is 12.8 Å². The van der Waals surface area contributed by atoms with E-state index in [1.165, 1.54) is 11.2 Å². The molecule has 0 unspecified atom stereocenters. The number of nitrogens with one attached hydrogen (secondary N) is 2. The molecule has 0 radical (unpaired) electrons. The highest BCUT2D eigenvalue weighted by atomic mass is 32.1. The predicted molar refractivity (Wildman–Crippen MR) is 75.4 cm³/mol. The largest absolute Gasteiger partial charge is 0.369 e. The number of H-pyrrole nitrogens is 1. The first-order valence-corrected chi connectivity index (χ1v) is 7.00. The Balaban J connectivity index is 1.64. The Kier molecular flexibility index (Phi) is 3.37. The van der Waals surface area contributed by atoms with Crippen molar-refractivity contribution < 1.29 is 0 Å². The zero-order chi connectivity index (χ0) is 13.1. The third-order valence-corrected chi connectivity index (χ3v) is 4.03. The van der Waals surface area contributed by atoms with E-state index in [1.807, 2.05) is 6.20 Å². The molecule has 98 valence electrons. The van der Waals surface area contributed by atoms with Gasteiger partial charge in [0.25, 0.3) is 0 Å². The van der Waals surface area contributed by atoms with Crippen LogP contribution < -0.4 is 5.32 Å². The lowest BCUT2D eigenvalue weighted by Crippen LogP contribution is -2.06. The van der Waals surface area contributed by atoms with Crippen LogP contribution >= 0.6 is 11.3 Å². The average Bonchev–Trinajstić information content (AvgIpc) is 3.07. The Labute approximate surface area is 114 Å². The van der Waals surface area contributed by atoms with Gasteiger partial charge in [-0.05, 0) is 6.42 Å². The van der Waals surface area contributed by atoms with Crippen molar-refractivity contribution in [1.82, 2.24) is 25.1 Å². The summed E-state index contributed by atoms with van der Waals surface area (Å²) in [6, 6.07) is 0. The van der Waals surface area contributed by atoms with Crippen LogP contribution in [0.1, 0.15) is 16.8 Å². The fourth-order valence-electron chi connectivity index (χ4n) is 1.82. The van der Waals surface area contributed by atoms with Crippen molar-refractivity contribution >= 4 is 28.2 Å². The van der Waals surface area contributed by atoms with Crippen molar-refractivity contribution in [3.05, 3.63) is 28.6 Å². The average molecular weight is 274 g/mol. The Morgan fingerprint density at radius 1 is 1.26 bits per heavy atom. The first-order valence-electron chi connectivity index (χ1n) is 6.18. The van der Waals surface area contributed by atoms with Gasteiger partial charge in [-0.25, -0.2) is 15.0 Å². The van der Waals surface area contributed by atoms with Crippen molar-refractivity contribution in [2.75, 3.05) is 11.9 Å². The van der Waals surface area contributed by atoms with Crippen LogP contribution in [0.5, 0.6) is 0 Å². The highest BCUT2D eigenvalue weighted by Crippen LogP contribution is 2.17. The standard InChI is InChI=1S/C12H14N6S/c1-2-8-5-14-10(19-8)3-4-13-11-9-6-17-18-12(9)16-7-15-11/h5-7H,2-4H2,1H3,(H2,13,15,16,17,18). The Hall–Kier alpha value is -2.02. The maximum absolute atomic E-state index is 4.40. The fourth-order valence-corrected chi connectivity index (χ4v) is 2.68. The molecular formula is C12H14N6S. The van der Waals surface area contributed by atoms with Crippen LogP contribution in [0.15, 0.2) is 18.7 Å². The summed E-state index contributed by atoms with van der Waals surface area (Å²) >= 11 is 1.77. The molecule has 3 aromatic rings. The first-order chi connectivity index (χ1) is 9.36. The van der Waals surface area contributed by atoms with Crippen LogP contribution in [0.4, 0.5) is 5.82 Å². The SMILES string of the molecule is CCc1cnc(CCNc2ncnc3[nH]ncc23)s1. The Morgan fingerprint density at radius 2 is 2.21 bits per heavy atom. The number of hydrogen-bond acceptors (Lipinski definition) is 6. The summed E-state index contributed by atoms with van der Waals surface area (Å²) in [5.74, 6) is 0.811. The van der Waals surface area contributed by atoms with Crippen LogP contribution in [0.2, 0.25) is 0 Å². The van der Waals surface area contributed by atoms with Crippen LogP contribution in [-0.4, -0.2) is 31.7 Å². The van der Waals surface area contributed by atoms with Crippen molar-refractivity contribution in [1.29, 1.82) is 0 Å². The van der Waals surface area contributed by atoms with Crippen molar-refractivity contribution in [3.8, 4) is 0 Å². The van der Waals surface area contributed by atoms with E-state index in [0.717, 1.165) is 41.2 Å². The molecule has 0 spiro atoms. The van der Waals surface area contributed by atoms with Gasteiger partial charge in [0.1, 0.15) is 12.1 Å². The summed E-state index contributed by atoms with van der Waals surface area (Å²) in [4.78, 5) is 14.1. The van der Waals surface area contributed by atoms with Gasteiger partial charge in [-0.3, -0.25) is 5.10 Å². The van der Waals surface area contributed by atoms with E-state index >= 15 is 0 Å². The van der Waals surface area contributed by atoms with Crippen molar-refractivity contribution in [2.45, 2.75) is 19.8 Å². The number of thiazole rings is 1. The summed E-state index contributed by atoms with van der Waals surface area (Å²) in [5.41, 5.74) is 0.750. The molecule has 0 saturated carbocycles. The zero-order valence-corrected chi connectivity index (χ0v) is 11.4. The summed E-state index contributed by atoms with van der Waals surface area (Å²) in [6.07, 6.45) is 7.16. The monoisotopic (exact) mass is 274 g/mol. The smallest absolute Gasteiger partial charge is 0.160 e. The van der Waals surface area contributed by atoms with E-state index in [1.54, 1.807) is 17.5 Å². The molecule has 19 heavy (non-hydrogen) atoms. The molecule has 2 N–H and O–H groups in total. The molecular weight excluding hydrogens is 260 g/mol. The minimum atomic E-state index is 0.750. The van der Waals surface area contributed by atoms with E-state index in [4.69, 9.17) is 0 Å². The summed E-state index contributed by atoms with van der Waals surface area (Å²) in [5, 5.41) is 12.2. The molecule has 0 amide bonds. The fraction of sp³-hybridized carbons (Fsp3) is 0.333. The second kappa shape index (κ2) is 5.31. The maximum Gasteiger partial charge on any atom is 0.160 e. The third kappa shape index (κ3) is 2.55. The highest BCUT2D eigenvalue weighted by molar-refractivity contribution is 7.11. The molecule has 0 atom stereocenters. The number of aromatic amines is 1.